The van der Waals surface area contributed by atoms with E-state index in [0.717, 1.165) is 16.7 Å². The van der Waals surface area contributed by atoms with Crippen LogP contribution in [0.3, 0.4) is 0 Å². The molecule has 0 aliphatic rings. The molecular weight excluding hydrogens is 224 g/mol. The number of carbonyl (C=O) groups is 1. The summed E-state index contributed by atoms with van der Waals surface area (Å²) in [6.45, 7) is 4.13. The van der Waals surface area contributed by atoms with Gasteiger partial charge < -0.3 is 4.74 Å². The summed E-state index contributed by atoms with van der Waals surface area (Å²) in [5, 5.41) is 0. The van der Waals surface area contributed by atoms with Crippen molar-refractivity contribution in [3.63, 3.8) is 0 Å². The first-order valence-electron chi connectivity index (χ1n) is 6.05. The largest absolute Gasteiger partial charge is 0.462 e. The highest BCUT2D eigenvalue weighted by atomic mass is 16.5. The number of benzene rings is 2. The molecule has 0 aliphatic heterocycles. The lowest BCUT2D eigenvalue weighted by atomic mass is 10.00. The number of hydrogen-bond donors (Lipinski definition) is 0. The van der Waals surface area contributed by atoms with Gasteiger partial charge in [-0.15, -0.1) is 0 Å². The highest BCUT2D eigenvalue weighted by Crippen LogP contribution is 2.22. The van der Waals surface area contributed by atoms with Crippen molar-refractivity contribution in [3.05, 3.63) is 59.7 Å². The minimum Gasteiger partial charge on any atom is -0.462 e. The molecule has 0 radical (unpaired) electrons. The summed E-state index contributed by atoms with van der Waals surface area (Å²) in [6.07, 6.45) is 0. The molecule has 0 N–H and O–H groups in total. The van der Waals surface area contributed by atoms with E-state index in [1.54, 1.807) is 0 Å². The molecule has 2 aromatic carbocycles. The van der Waals surface area contributed by atoms with Crippen molar-refractivity contribution in [2.45, 2.75) is 13.8 Å². The maximum absolute atomic E-state index is 11.8. The van der Waals surface area contributed by atoms with Crippen LogP contribution in [0.4, 0.5) is 0 Å². The fourth-order valence-corrected chi connectivity index (χ4v) is 1.86. The molecule has 0 saturated heterocycles. The predicted molar refractivity (Wildman–Crippen MR) is 72.6 cm³/mol. The summed E-state index contributed by atoms with van der Waals surface area (Å²) in [4.78, 5) is 11.8. The van der Waals surface area contributed by atoms with Crippen LogP contribution in [0.15, 0.2) is 48.5 Å². The van der Waals surface area contributed by atoms with Gasteiger partial charge in [0.05, 0.1) is 12.2 Å². The topological polar surface area (TPSA) is 26.3 Å². The molecule has 0 amide bonds. The van der Waals surface area contributed by atoms with Crippen molar-refractivity contribution in [3.8, 4) is 11.1 Å². The molecule has 0 aromatic heterocycles. The zero-order valence-corrected chi connectivity index (χ0v) is 10.6. The average molecular weight is 240 g/mol. The summed E-state index contributed by atoms with van der Waals surface area (Å²) in [7, 11) is 0. The average Bonchev–Trinajstić information content (AvgIpc) is 2.40. The number of rotatable bonds is 3. The lowest BCUT2D eigenvalue weighted by Crippen LogP contribution is -2.06. The minimum absolute atomic E-state index is 0.257. The molecule has 2 heteroatoms. The van der Waals surface area contributed by atoms with Gasteiger partial charge in [-0.05, 0) is 36.6 Å². The number of esters is 1. The molecular formula is C16H16O2. The van der Waals surface area contributed by atoms with Gasteiger partial charge in [-0.3, -0.25) is 0 Å². The maximum atomic E-state index is 11.8. The number of aryl methyl sites for hydroxylation is 1. The Hall–Kier alpha value is -2.09. The molecule has 0 heterocycles. The van der Waals surface area contributed by atoms with Crippen molar-refractivity contribution in [1.82, 2.24) is 0 Å². The van der Waals surface area contributed by atoms with Crippen LogP contribution in [0, 0.1) is 6.92 Å². The molecule has 0 spiro atoms. The molecule has 92 valence electrons. The second kappa shape index (κ2) is 5.50. The normalized spacial score (nSPS) is 10.1. The van der Waals surface area contributed by atoms with Crippen molar-refractivity contribution in [1.29, 1.82) is 0 Å². The van der Waals surface area contributed by atoms with Gasteiger partial charge in [0.25, 0.3) is 0 Å². The minimum atomic E-state index is -0.257. The van der Waals surface area contributed by atoms with Crippen LogP contribution in [-0.4, -0.2) is 12.6 Å². The molecule has 2 aromatic rings. The fraction of sp³-hybridized carbons (Fsp3) is 0.188. The SMILES string of the molecule is CCOC(=O)c1cc(-c2ccccc2)ccc1C. The Labute approximate surface area is 107 Å². The van der Waals surface area contributed by atoms with Gasteiger partial charge in [-0.25, -0.2) is 4.79 Å². The maximum Gasteiger partial charge on any atom is 0.338 e. The Morgan fingerprint density at radius 1 is 1.06 bits per heavy atom. The second-order valence-electron chi connectivity index (χ2n) is 4.12. The van der Waals surface area contributed by atoms with Gasteiger partial charge in [0.2, 0.25) is 0 Å². The lowest BCUT2D eigenvalue weighted by Gasteiger charge is -2.08. The molecule has 0 bridgehead atoms. The quantitative estimate of drug-likeness (QED) is 0.762. The van der Waals surface area contributed by atoms with E-state index >= 15 is 0 Å². The number of ether oxygens (including phenoxy) is 1. The summed E-state index contributed by atoms with van der Waals surface area (Å²) in [6, 6.07) is 15.9. The highest BCUT2D eigenvalue weighted by Gasteiger charge is 2.11. The smallest absolute Gasteiger partial charge is 0.338 e. The van der Waals surface area contributed by atoms with E-state index in [-0.39, 0.29) is 5.97 Å². The van der Waals surface area contributed by atoms with Crippen LogP contribution in [-0.2, 0) is 4.74 Å². The van der Waals surface area contributed by atoms with Crippen LogP contribution in [0.2, 0.25) is 0 Å². The second-order valence-corrected chi connectivity index (χ2v) is 4.12. The van der Waals surface area contributed by atoms with E-state index in [1.165, 1.54) is 0 Å². The molecule has 2 nitrogen and oxygen atoms in total. The molecule has 0 atom stereocenters. The molecule has 0 fully saturated rings. The molecule has 18 heavy (non-hydrogen) atoms. The van der Waals surface area contributed by atoms with E-state index in [9.17, 15) is 4.79 Å². The predicted octanol–water partition coefficient (Wildman–Crippen LogP) is 3.84. The number of hydrogen-bond acceptors (Lipinski definition) is 2. The lowest BCUT2D eigenvalue weighted by molar-refractivity contribution is 0.0525. The Morgan fingerprint density at radius 3 is 2.44 bits per heavy atom. The Morgan fingerprint density at radius 2 is 1.78 bits per heavy atom. The monoisotopic (exact) mass is 240 g/mol. The molecule has 0 unspecified atom stereocenters. The zero-order chi connectivity index (χ0) is 13.0. The van der Waals surface area contributed by atoms with E-state index in [1.807, 2.05) is 62.4 Å². The summed E-state index contributed by atoms with van der Waals surface area (Å²) in [5.74, 6) is -0.257. The van der Waals surface area contributed by atoms with Gasteiger partial charge >= 0.3 is 5.97 Å². The van der Waals surface area contributed by atoms with Crippen LogP contribution < -0.4 is 0 Å². The third-order valence-corrected chi connectivity index (χ3v) is 2.84. The van der Waals surface area contributed by atoms with Crippen molar-refractivity contribution >= 4 is 5.97 Å². The van der Waals surface area contributed by atoms with E-state index < -0.39 is 0 Å². The number of carbonyl (C=O) groups excluding carboxylic acids is 1. The van der Waals surface area contributed by atoms with Crippen LogP contribution in [0.25, 0.3) is 11.1 Å². The Balaban J connectivity index is 2.41. The van der Waals surface area contributed by atoms with E-state index in [2.05, 4.69) is 0 Å². The first kappa shape index (κ1) is 12.4. The Bertz CT molecular complexity index is 544. The fourth-order valence-electron chi connectivity index (χ4n) is 1.86. The van der Waals surface area contributed by atoms with Crippen molar-refractivity contribution in [2.24, 2.45) is 0 Å². The van der Waals surface area contributed by atoms with Crippen molar-refractivity contribution in [2.75, 3.05) is 6.61 Å². The standard InChI is InChI=1S/C16H16O2/c1-3-18-16(17)15-11-14(10-9-12(15)2)13-7-5-4-6-8-13/h4-11H,3H2,1-2H3. The summed E-state index contributed by atoms with van der Waals surface area (Å²) < 4.78 is 5.06. The summed E-state index contributed by atoms with van der Waals surface area (Å²) in [5.41, 5.74) is 3.71. The van der Waals surface area contributed by atoms with Gasteiger partial charge in [-0.2, -0.15) is 0 Å². The zero-order valence-electron chi connectivity index (χ0n) is 10.6. The van der Waals surface area contributed by atoms with Crippen LogP contribution >= 0.6 is 0 Å². The van der Waals surface area contributed by atoms with Crippen LogP contribution in [0.1, 0.15) is 22.8 Å². The van der Waals surface area contributed by atoms with Gasteiger partial charge in [0, 0.05) is 0 Å². The van der Waals surface area contributed by atoms with Crippen LogP contribution in [0.5, 0.6) is 0 Å². The Kier molecular flexibility index (Phi) is 3.78. The van der Waals surface area contributed by atoms with E-state index in [0.29, 0.717) is 12.2 Å². The highest BCUT2D eigenvalue weighted by molar-refractivity contribution is 5.92. The molecule has 2 rings (SSSR count). The van der Waals surface area contributed by atoms with E-state index in [4.69, 9.17) is 4.74 Å². The van der Waals surface area contributed by atoms with Gasteiger partial charge in [0.15, 0.2) is 0 Å². The first-order valence-corrected chi connectivity index (χ1v) is 6.05. The molecule has 0 saturated carbocycles. The van der Waals surface area contributed by atoms with Gasteiger partial charge in [0.1, 0.15) is 0 Å². The summed E-state index contributed by atoms with van der Waals surface area (Å²) >= 11 is 0. The third kappa shape index (κ3) is 2.59. The first-order chi connectivity index (χ1) is 8.72. The molecule has 0 aliphatic carbocycles. The van der Waals surface area contributed by atoms with Crippen molar-refractivity contribution < 1.29 is 9.53 Å². The van der Waals surface area contributed by atoms with Gasteiger partial charge in [-0.1, -0.05) is 42.5 Å². The third-order valence-electron chi connectivity index (χ3n) is 2.84.